The summed E-state index contributed by atoms with van der Waals surface area (Å²) in [6.07, 6.45) is 0. The summed E-state index contributed by atoms with van der Waals surface area (Å²) in [5.41, 5.74) is 7.61. The van der Waals surface area contributed by atoms with Crippen molar-refractivity contribution < 1.29 is 4.74 Å². The predicted molar refractivity (Wildman–Crippen MR) is 73.3 cm³/mol. The lowest BCUT2D eigenvalue weighted by molar-refractivity contribution is 0.439. The van der Waals surface area contributed by atoms with Crippen LogP contribution < -0.4 is 10.5 Å². The minimum Gasteiger partial charge on any atom is -0.419 e. The van der Waals surface area contributed by atoms with Gasteiger partial charge in [-0.05, 0) is 24.3 Å². The molecule has 6 heteroatoms. The third-order valence-electron chi connectivity index (χ3n) is 2.53. The molecule has 0 saturated carbocycles. The van der Waals surface area contributed by atoms with Gasteiger partial charge in [-0.25, -0.2) is 0 Å². The summed E-state index contributed by atoms with van der Waals surface area (Å²) in [6.45, 7) is 0. The topological polar surface area (TPSA) is 73.9 Å². The summed E-state index contributed by atoms with van der Waals surface area (Å²) < 4.78 is 5.51. The lowest BCUT2D eigenvalue weighted by atomic mass is 10.3. The van der Waals surface area contributed by atoms with E-state index in [0.29, 0.717) is 27.5 Å². The number of aromatic nitrogens is 3. The number of para-hydroxylation sites is 2. The number of rotatable bonds is 2. The molecule has 2 aromatic carbocycles. The maximum absolute atomic E-state index is 6.02. The zero-order chi connectivity index (χ0) is 13.2. The van der Waals surface area contributed by atoms with Crippen molar-refractivity contribution in [3.63, 3.8) is 0 Å². The molecule has 0 aliphatic rings. The van der Waals surface area contributed by atoms with E-state index in [-0.39, 0.29) is 6.01 Å². The number of benzene rings is 2. The van der Waals surface area contributed by atoms with Gasteiger partial charge < -0.3 is 10.5 Å². The largest absolute Gasteiger partial charge is 0.419 e. The van der Waals surface area contributed by atoms with Crippen molar-refractivity contribution in [1.82, 2.24) is 15.2 Å². The molecule has 0 radical (unpaired) electrons. The van der Waals surface area contributed by atoms with Gasteiger partial charge >= 0.3 is 6.01 Å². The van der Waals surface area contributed by atoms with E-state index < -0.39 is 0 Å². The van der Waals surface area contributed by atoms with Gasteiger partial charge in [-0.15, -0.1) is 5.10 Å². The Morgan fingerprint density at radius 3 is 2.53 bits per heavy atom. The number of hydrogen-bond acceptors (Lipinski definition) is 5. The van der Waals surface area contributed by atoms with Gasteiger partial charge in [0, 0.05) is 0 Å². The van der Waals surface area contributed by atoms with E-state index in [1.54, 1.807) is 18.2 Å². The Balaban J connectivity index is 2.01. The maximum Gasteiger partial charge on any atom is 0.341 e. The van der Waals surface area contributed by atoms with Crippen LogP contribution in [0.15, 0.2) is 42.5 Å². The molecule has 3 rings (SSSR count). The third-order valence-corrected chi connectivity index (χ3v) is 2.83. The van der Waals surface area contributed by atoms with Crippen LogP contribution in [0.5, 0.6) is 11.8 Å². The molecule has 94 valence electrons. The van der Waals surface area contributed by atoms with Crippen LogP contribution in [0.25, 0.3) is 11.0 Å². The molecular weight excluding hydrogens is 264 g/mol. The number of ether oxygens (including phenoxy) is 1. The summed E-state index contributed by atoms with van der Waals surface area (Å²) in [4.78, 5) is 4.24. The Labute approximate surface area is 114 Å². The fourth-order valence-corrected chi connectivity index (χ4v) is 1.85. The molecule has 0 aliphatic carbocycles. The Bertz CT molecular complexity index is 727. The van der Waals surface area contributed by atoms with Gasteiger partial charge in [0.15, 0.2) is 5.75 Å². The number of nitrogens with two attached hydrogens (primary N) is 1. The highest BCUT2D eigenvalue weighted by Gasteiger charge is 2.10. The van der Waals surface area contributed by atoms with Crippen LogP contribution in [-0.2, 0) is 0 Å². The van der Waals surface area contributed by atoms with Crippen molar-refractivity contribution in [3.8, 4) is 11.8 Å². The van der Waals surface area contributed by atoms with E-state index in [1.165, 1.54) is 0 Å². The van der Waals surface area contributed by atoms with Gasteiger partial charge in [-0.2, -0.15) is 4.98 Å². The number of fused-ring (bicyclic) bond motifs is 1. The highest BCUT2D eigenvalue weighted by Crippen LogP contribution is 2.33. The monoisotopic (exact) mass is 272 g/mol. The van der Waals surface area contributed by atoms with E-state index in [4.69, 9.17) is 22.1 Å². The first-order valence-electron chi connectivity index (χ1n) is 5.55. The average Bonchev–Trinajstić information content (AvgIpc) is 2.43. The lowest BCUT2D eigenvalue weighted by Gasteiger charge is -2.08. The Kier molecular flexibility index (Phi) is 2.89. The second-order valence-corrected chi connectivity index (χ2v) is 4.25. The predicted octanol–water partition coefficient (Wildman–Crippen LogP) is 3.05. The molecule has 0 bridgehead atoms. The van der Waals surface area contributed by atoms with Gasteiger partial charge in [0.05, 0.1) is 16.2 Å². The van der Waals surface area contributed by atoms with Gasteiger partial charge in [0.25, 0.3) is 0 Å². The fourth-order valence-electron chi connectivity index (χ4n) is 1.63. The van der Waals surface area contributed by atoms with E-state index in [2.05, 4.69) is 15.2 Å². The smallest absolute Gasteiger partial charge is 0.341 e. The van der Waals surface area contributed by atoms with Crippen molar-refractivity contribution in [3.05, 3.63) is 47.5 Å². The first-order valence-corrected chi connectivity index (χ1v) is 5.93. The van der Waals surface area contributed by atoms with Crippen LogP contribution in [0.3, 0.4) is 0 Å². The summed E-state index contributed by atoms with van der Waals surface area (Å²) in [5.74, 6) is 0.334. The highest BCUT2D eigenvalue weighted by atomic mass is 35.5. The molecule has 0 fully saturated rings. The average molecular weight is 273 g/mol. The zero-order valence-corrected chi connectivity index (χ0v) is 10.5. The Morgan fingerprint density at radius 2 is 1.74 bits per heavy atom. The molecule has 0 spiro atoms. The second-order valence-electron chi connectivity index (χ2n) is 3.84. The molecule has 0 amide bonds. The molecular formula is C13H9ClN4O. The Morgan fingerprint density at radius 1 is 0.947 bits per heavy atom. The van der Waals surface area contributed by atoms with Crippen molar-refractivity contribution in [2.24, 2.45) is 0 Å². The second kappa shape index (κ2) is 4.70. The number of nitrogens with zero attached hydrogens (tertiary/aromatic N) is 3. The molecule has 0 saturated heterocycles. The van der Waals surface area contributed by atoms with Crippen LogP contribution in [0, 0.1) is 0 Å². The third kappa shape index (κ3) is 2.28. The van der Waals surface area contributed by atoms with E-state index in [0.717, 1.165) is 0 Å². The van der Waals surface area contributed by atoms with E-state index in [1.807, 2.05) is 24.3 Å². The van der Waals surface area contributed by atoms with Gasteiger partial charge in [0.2, 0.25) is 0 Å². The number of nitrogen functional groups attached to an aromatic ring is 1. The quantitative estimate of drug-likeness (QED) is 0.726. The normalized spacial score (nSPS) is 10.6. The summed E-state index contributed by atoms with van der Waals surface area (Å²) in [7, 11) is 0. The molecule has 0 unspecified atom stereocenters. The van der Waals surface area contributed by atoms with Crippen LogP contribution in [0.1, 0.15) is 0 Å². The number of anilines is 1. The number of halogens is 1. The first-order chi connectivity index (χ1) is 9.24. The molecule has 5 nitrogen and oxygen atoms in total. The van der Waals surface area contributed by atoms with Crippen molar-refractivity contribution >= 4 is 28.3 Å². The van der Waals surface area contributed by atoms with Gasteiger partial charge in [0.1, 0.15) is 5.52 Å². The van der Waals surface area contributed by atoms with Crippen LogP contribution in [-0.4, -0.2) is 15.2 Å². The van der Waals surface area contributed by atoms with Crippen LogP contribution in [0.4, 0.5) is 5.69 Å². The molecule has 19 heavy (non-hydrogen) atoms. The van der Waals surface area contributed by atoms with Gasteiger partial charge in [-0.1, -0.05) is 34.9 Å². The standard InChI is InChI=1S/C13H9ClN4O/c14-8-4-3-5-9(15)12(8)19-13-16-10-6-1-2-7-11(10)17-18-13/h1-7H,15H2. The van der Waals surface area contributed by atoms with Crippen molar-refractivity contribution in [2.75, 3.05) is 5.73 Å². The lowest BCUT2D eigenvalue weighted by Crippen LogP contribution is -1.98. The zero-order valence-electron chi connectivity index (χ0n) is 9.75. The van der Waals surface area contributed by atoms with Gasteiger partial charge in [-0.3, -0.25) is 0 Å². The van der Waals surface area contributed by atoms with Crippen molar-refractivity contribution in [1.29, 1.82) is 0 Å². The first kappa shape index (κ1) is 11.7. The Hall–Kier alpha value is -2.40. The summed E-state index contributed by atoms with van der Waals surface area (Å²) in [6, 6.07) is 12.6. The van der Waals surface area contributed by atoms with Crippen molar-refractivity contribution in [2.45, 2.75) is 0 Å². The maximum atomic E-state index is 6.02. The summed E-state index contributed by atoms with van der Waals surface area (Å²) >= 11 is 6.02. The molecule has 0 aliphatic heterocycles. The fraction of sp³-hybridized carbons (Fsp3) is 0. The highest BCUT2D eigenvalue weighted by molar-refractivity contribution is 6.32. The van der Waals surface area contributed by atoms with E-state index >= 15 is 0 Å². The molecule has 0 atom stereocenters. The number of hydrogen-bond donors (Lipinski definition) is 1. The molecule has 2 N–H and O–H groups in total. The minimum atomic E-state index is 0.110. The van der Waals surface area contributed by atoms with Crippen LogP contribution >= 0.6 is 11.6 Å². The molecule has 1 aromatic heterocycles. The van der Waals surface area contributed by atoms with E-state index in [9.17, 15) is 0 Å². The summed E-state index contributed by atoms with van der Waals surface area (Å²) in [5, 5.41) is 8.30. The van der Waals surface area contributed by atoms with Crippen LogP contribution in [0.2, 0.25) is 5.02 Å². The molecule has 3 aromatic rings. The minimum absolute atomic E-state index is 0.110. The molecule has 1 heterocycles. The SMILES string of the molecule is Nc1cccc(Cl)c1Oc1nnc2ccccc2n1.